The summed E-state index contributed by atoms with van der Waals surface area (Å²) >= 11 is 0. The maximum Gasteiger partial charge on any atom is 0.226 e. The number of amides is 2. The summed E-state index contributed by atoms with van der Waals surface area (Å²) < 4.78 is 1.86. The number of rotatable bonds is 3. The minimum Gasteiger partial charge on any atom is -0.296 e. The van der Waals surface area contributed by atoms with Crippen LogP contribution in [0.4, 0.5) is 0 Å². The first-order chi connectivity index (χ1) is 12.5. The van der Waals surface area contributed by atoms with Gasteiger partial charge in [0, 0.05) is 19.3 Å². The molecule has 1 atom stereocenters. The number of hydrogen-bond acceptors (Lipinski definition) is 4. The van der Waals surface area contributed by atoms with Crippen molar-refractivity contribution in [3.05, 3.63) is 47.3 Å². The fourth-order valence-electron chi connectivity index (χ4n) is 4.03. The van der Waals surface area contributed by atoms with Crippen molar-refractivity contribution >= 4 is 17.6 Å². The molecular weight excluding hydrogens is 330 g/mol. The van der Waals surface area contributed by atoms with Gasteiger partial charge in [0.25, 0.3) is 0 Å². The average molecular weight is 351 g/mol. The van der Waals surface area contributed by atoms with Crippen molar-refractivity contribution in [1.29, 1.82) is 0 Å². The van der Waals surface area contributed by atoms with Crippen LogP contribution in [0.2, 0.25) is 0 Å². The lowest BCUT2D eigenvalue weighted by Gasteiger charge is -2.21. The van der Waals surface area contributed by atoms with E-state index >= 15 is 0 Å². The topological polar surface area (TPSA) is 81.1 Å². The molecule has 0 spiro atoms. The van der Waals surface area contributed by atoms with Gasteiger partial charge in [0.2, 0.25) is 11.8 Å². The smallest absolute Gasteiger partial charge is 0.226 e. The predicted octanol–water partition coefficient (Wildman–Crippen LogP) is 2.23. The van der Waals surface area contributed by atoms with Crippen LogP contribution in [-0.2, 0) is 22.4 Å². The first-order valence-electron chi connectivity index (χ1n) is 9.03. The Morgan fingerprint density at radius 3 is 2.42 bits per heavy atom. The molecular formula is C20H21N3O3. The lowest BCUT2D eigenvalue weighted by molar-refractivity contribution is -0.134. The molecule has 2 heterocycles. The molecule has 1 N–H and O–H groups in total. The molecule has 134 valence electrons. The van der Waals surface area contributed by atoms with E-state index in [0.29, 0.717) is 36.9 Å². The summed E-state index contributed by atoms with van der Waals surface area (Å²) in [6, 6.07) is 9.78. The number of carbonyl (C=O) groups is 3. The van der Waals surface area contributed by atoms with Crippen molar-refractivity contribution in [1.82, 2.24) is 15.1 Å². The van der Waals surface area contributed by atoms with Crippen molar-refractivity contribution < 1.29 is 14.4 Å². The van der Waals surface area contributed by atoms with Gasteiger partial charge in [-0.15, -0.1) is 0 Å². The second-order valence-corrected chi connectivity index (χ2v) is 7.40. The number of nitrogens with one attached hydrogen (secondary N) is 1. The lowest BCUT2D eigenvalue weighted by Crippen LogP contribution is -2.39. The first kappa shape index (κ1) is 16.7. The van der Waals surface area contributed by atoms with Crippen LogP contribution in [0.15, 0.2) is 30.3 Å². The number of ketones is 1. The fraction of sp³-hybridized carbons (Fsp3) is 0.400. The van der Waals surface area contributed by atoms with Gasteiger partial charge in [0.15, 0.2) is 5.78 Å². The molecule has 2 amide bonds. The normalized spacial score (nSPS) is 20.8. The van der Waals surface area contributed by atoms with Gasteiger partial charge in [0.05, 0.1) is 22.6 Å². The number of aromatic nitrogens is 2. The average Bonchev–Trinajstić information content (AvgIpc) is 2.93. The first-order valence-corrected chi connectivity index (χ1v) is 9.03. The zero-order valence-corrected chi connectivity index (χ0v) is 14.7. The Morgan fingerprint density at radius 1 is 1.04 bits per heavy atom. The number of hydrogen-bond donors (Lipinski definition) is 1. The van der Waals surface area contributed by atoms with Crippen LogP contribution in [0, 0.1) is 11.8 Å². The summed E-state index contributed by atoms with van der Waals surface area (Å²) in [5.74, 6) is -0.205. The summed E-state index contributed by atoms with van der Waals surface area (Å²) in [7, 11) is 0. The van der Waals surface area contributed by atoms with Gasteiger partial charge in [-0.25, -0.2) is 4.68 Å². The van der Waals surface area contributed by atoms with Gasteiger partial charge in [-0.1, -0.05) is 25.1 Å². The number of nitrogens with zero attached hydrogens (tertiary/aromatic N) is 2. The highest BCUT2D eigenvalue weighted by molar-refractivity contribution is 6.00. The molecule has 6 nitrogen and oxygen atoms in total. The van der Waals surface area contributed by atoms with E-state index < -0.39 is 0 Å². The Morgan fingerprint density at radius 2 is 1.73 bits per heavy atom. The fourth-order valence-corrected chi connectivity index (χ4v) is 4.03. The van der Waals surface area contributed by atoms with E-state index in [0.717, 1.165) is 17.8 Å². The molecule has 26 heavy (non-hydrogen) atoms. The molecule has 0 saturated carbocycles. The largest absolute Gasteiger partial charge is 0.296 e. The summed E-state index contributed by atoms with van der Waals surface area (Å²) in [4.78, 5) is 36.1. The molecule has 1 fully saturated rings. The zero-order chi connectivity index (χ0) is 18.3. The molecule has 1 saturated heterocycles. The monoisotopic (exact) mass is 351 g/mol. The highest BCUT2D eigenvalue weighted by Crippen LogP contribution is 2.32. The lowest BCUT2D eigenvalue weighted by atomic mass is 9.84. The van der Waals surface area contributed by atoms with Crippen LogP contribution in [0.1, 0.15) is 47.9 Å². The Labute approximate surface area is 151 Å². The Hall–Kier alpha value is -2.76. The standard InChI is InChI=1S/C20H21N3O3/c1-12-7-16-20(17(24)8-12)15(9-13-10-18(25)21-19(26)11-13)22-23(16)14-5-3-2-4-6-14/h2-6,12-13H,7-11H2,1H3,(H,21,25,26). The molecule has 1 unspecified atom stereocenters. The van der Waals surface area contributed by atoms with Crippen LogP contribution >= 0.6 is 0 Å². The summed E-state index contributed by atoms with van der Waals surface area (Å²) in [5.41, 5.74) is 3.29. The van der Waals surface area contributed by atoms with E-state index in [2.05, 4.69) is 12.2 Å². The molecule has 2 aromatic rings. The third-order valence-corrected chi connectivity index (χ3v) is 5.12. The van der Waals surface area contributed by atoms with Crippen LogP contribution in [0.5, 0.6) is 0 Å². The van der Waals surface area contributed by atoms with Crippen LogP contribution in [0.25, 0.3) is 5.69 Å². The number of piperidine rings is 1. The minimum atomic E-state index is -0.248. The molecule has 1 aliphatic heterocycles. The molecule has 6 heteroatoms. The van der Waals surface area contributed by atoms with Crippen molar-refractivity contribution in [2.24, 2.45) is 11.8 Å². The van der Waals surface area contributed by atoms with Crippen LogP contribution < -0.4 is 5.32 Å². The van der Waals surface area contributed by atoms with Gasteiger partial charge >= 0.3 is 0 Å². The van der Waals surface area contributed by atoms with Crippen molar-refractivity contribution in [2.45, 2.75) is 39.0 Å². The summed E-state index contributed by atoms with van der Waals surface area (Å²) in [6.45, 7) is 2.08. The second kappa shape index (κ2) is 6.52. The van der Waals surface area contributed by atoms with E-state index in [1.807, 2.05) is 35.0 Å². The van der Waals surface area contributed by atoms with Crippen LogP contribution in [0.3, 0.4) is 0 Å². The van der Waals surface area contributed by atoms with E-state index in [9.17, 15) is 14.4 Å². The van der Waals surface area contributed by atoms with E-state index in [1.54, 1.807) is 0 Å². The SMILES string of the molecule is CC1CC(=O)c2c(CC3CC(=O)NC(=O)C3)nn(-c3ccccc3)c2C1. The minimum absolute atomic E-state index is 0.105. The highest BCUT2D eigenvalue weighted by atomic mass is 16.2. The maximum absolute atomic E-state index is 12.7. The molecule has 1 aromatic carbocycles. The van der Waals surface area contributed by atoms with Crippen molar-refractivity contribution in [2.75, 3.05) is 0 Å². The number of para-hydroxylation sites is 1. The molecule has 4 rings (SSSR count). The number of imide groups is 1. The maximum atomic E-state index is 12.7. The second-order valence-electron chi connectivity index (χ2n) is 7.40. The molecule has 1 aromatic heterocycles. The Kier molecular flexibility index (Phi) is 4.18. The quantitative estimate of drug-likeness (QED) is 0.860. The van der Waals surface area contributed by atoms with Gasteiger partial charge in [-0.05, 0) is 36.8 Å². The third-order valence-electron chi connectivity index (χ3n) is 5.12. The number of fused-ring (bicyclic) bond motifs is 1. The van der Waals surface area contributed by atoms with E-state index in [1.165, 1.54) is 0 Å². The molecule has 2 aliphatic rings. The number of benzene rings is 1. The van der Waals surface area contributed by atoms with Gasteiger partial charge in [-0.3, -0.25) is 19.7 Å². The number of carbonyl (C=O) groups excluding carboxylic acids is 3. The molecule has 0 bridgehead atoms. The Bertz CT molecular complexity index is 869. The van der Waals surface area contributed by atoms with E-state index in [-0.39, 0.29) is 29.4 Å². The summed E-state index contributed by atoms with van der Waals surface area (Å²) in [6.07, 6.45) is 2.38. The predicted molar refractivity (Wildman–Crippen MR) is 95.0 cm³/mol. The van der Waals surface area contributed by atoms with Gasteiger partial charge in [-0.2, -0.15) is 5.10 Å². The van der Waals surface area contributed by atoms with Crippen molar-refractivity contribution in [3.63, 3.8) is 0 Å². The summed E-state index contributed by atoms with van der Waals surface area (Å²) in [5, 5.41) is 7.08. The van der Waals surface area contributed by atoms with Crippen molar-refractivity contribution in [3.8, 4) is 5.69 Å². The highest BCUT2D eigenvalue weighted by Gasteiger charge is 2.33. The van der Waals surface area contributed by atoms with Gasteiger partial charge < -0.3 is 0 Å². The third kappa shape index (κ3) is 3.07. The zero-order valence-electron chi connectivity index (χ0n) is 14.7. The van der Waals surface area contributed by atoms with Gasteiger partial charge in [0.1, 0.15) is 0 Å². The Balaban J connectivity index is 1.74. The molecule has 0 radical (unpaired) electrons. The number of Topliss-reactive ketones (excluding diaryl/α,β-unsaturated/α-hetero) is 1. The van der Waals surface area contributed by atoms with E-state index in [4.69, 9.17) is 5.10 Å². The van der Waals surface area contributed by atoms with Crippen LogP contribution in [-0.4, -0.2) is 27.4 Å². The molecule has 1 aliphatic carbocycles.